The van der Waals surface area contributed by atoms with Crippen molar-refractivity contribution in [3.63, 3.8) is 0 Å². The van der Waals surface area contributed by atoms with Crippen molar-refractivity contribution in [1.29, 1.82) is 0 Å². The molecule has 0 spiro atoms. The number of alkyl halides is 1. The van der Waals surface area contributed by atoms with Crippen LogP contribution in [0.4, 0.5) is 0 Å². The van der Waals surface area contributed by atoms with Gasteiger partial charge in [-0.05, 0) is 30.0 Å². The quantitative estimate of drug-likeness (QED) is 0.713. The topological polar surface area (TPSA) is 9.23 Å². The number of rotatable bonds is 4. The second-order valence-electron chi connectivity index (χ2n) is 4.39. The first kappa shape index (κ1) is 12.3. The van der Waals surface area contributed by atoms with Crippen LogP contribution in [0.5, 0.6) is 5.75 Å². The second-order valence-corrected chi connectivity index (χ2v) is 5.91. The maximum Gasteiger partial charge on any atom is 0.137 e. The average molecular weight is 304 g/mol. The Kier molecular flexibility index (Phi) is 4.15. The van der Waals surface area contributed by atoms with Crippen LogP contribution in [0, 0.1) is 5.92 Å². The Balaban J connectivity index is 2.04. The number of halogens is 2. The van der Waals surface area contributed by atoms with Crippen molar-refractivity contribution in [2.24, 2.45) is 5.92 Å². The van der Waals surface area contributed by atoms with Crippen LogP contribution in [0.25, 0.3) is 0 Å². The van der Waals surface area contributed by atoms with Gasteiger partial charge in [0.25, 0.3) is 0 Å². The predicted molar refractivity (Wildman–Crippen MR) is 71.6 cm³/mol. The lowest BCUT2D eigenvalue weighted by Crippen LogP contribution is -2.12. The van der Waals surface area contributed by atoms with E-state index < -0.39 is 0 Å². The lowest BCUT2D eigenvalue weighted by Gasteiger charge is -2.27. The smallest absolute Gasteiger partial charge is 0.137 e. The van der Waals surface area contributed by atoms with Gasteiger partial charge in [0.1, 0.15) is 5.75 Å². The molecule has 1 unspecified atom stereocenters. The highest BCUT2D eigenvalue weighted by atomic mass is 79.9. The van der Waals surface area contributed by atoms with Crippen molar-refractivity contribution in [3.05, 3.63) is 28.8 Å². The molecular weight excluding hydrogens is 287 g/mol. The van der Waals surface area contributed by atoms with E-state index in [0.717, 1.165) is 11.7 Å². The van der Waals surface area contributed by atoms with Crippen LogP contribution in [0.1, 0.15) is 36.1 Å². The Morgan fingerprint density at radius 2 is 2.25 bits per heavy atom. The van der Waals surface area contributed by atoms with E-state index in [1.165, 1.54) is 31.2 Å². The van der Waals surface area contributed by atoms with Crippen LogP contribution >= 0.6 is 27.5 Å². The van der Waals surface area contributed by atoms with E-state index in [2.05, 4.69) is 22.0 Å². The lowest BCUT2D eigenvalue weighted by molar-refractivity contribution is 0.295. The predicted octanol–water partition coefficient (Wildman–Crippen LogP) is 4.97. The molecule has 16 heavy (non-hydrogen) atoms. The van der Waals surface area contributed by atoms with E-state index in [0.29, 0.717) is 9.85 Å². The van der Waals surface area contributed by atoms with Gasteiger partial charge in [-0.2, -0.15) is 0 Å². The van der Waals surface area contributed by atoms with Crippen LogP contribution in [0.3, 0.4) is 0 Å². The molecule has 0 heterocycles. The van der Waals surface area contributed by atoms with E-state index in [4.69, 9.17) is 16.3 Å². The van der Waals surface area contributed by atoms with Gasteiger partial charge in [0, 0.05) is 4.83 Å². The van der Waals surface area contributed by atoms with Gasteiger partial charge < -0.3 is 4.74 Å². The van der Waals surface area contributed by atoms with Crippen LogP contribution in [0.15, 0.2) is 18.2 Å². The minimum atomic E-state index is 0.418. The van der Waals surface area contributed by atoms with Gasteiger partial charge in [0.2, 0.25) is 0 Å². The number of methoxy groups -OCH3 is 1. The molecule has 1 aromatic rings. The summed E-state index contributed by atoms with van der Waals surface area (Å²) in [7, 11) is 1.64. The van der Waals surface area contributed by atoms with Crippen LogP contribution < -0.4 is 4.74 Å². The SMILES string of the molecule is COc1ccc(C(Br)CC2CCC2)cc1Cl. The largest absolute Gasteiger partial charge is 0.495 e. The van der Waals surface area contributed by atoms with E-state index in [1.54, 1.807) is 7.11 Å². The Labute approximate surface area is 110 Å². The maximum absolute atomic E-state index is 6.11. The number of hydrogen-bond acceptors (Lipinski definition) is 1. The Hall–Kier alpha value is -0.210. The summed E-state index contributed by atoms with van der Waals surface area (Å²) in [6, 6.07) is 6.02. The molecule has 0 bridgehead atoms. The molecular formula is C13H16BrClO. The normalized spacial score (nSPS) is 17.9. The molecule has 0 saturated heterocycles. The Morgan fingerprint density at radius 3 is 2.75 bits per heavy atom. The fourth-order valence-corrected chi connectivity index (χ4v) is 3.11. The van der Waals surface area contributed by atoms with E-state index in [1.807, 2.05) is 12.1 Å². The van der Waals surface area contributed by atoms with Gasteiger partial charge in [0.05, 0.1) is 12.1 Å². The van der Waals surface area contributed by atoms with Crippen LogP contribution in [0.2, 0.25) is 5.02 Å². The molecule has 0 aromatic heterocycles. The van der Waals surface area contributed by atoms with Crippen LogP contribution in [-0.4, -0.2) is 7.11 Å². The molecule has 1 aromatic carbocycles. The van der Waals surface area contributed by atoms with Gasteiger partial charge in [0.15, 0.2) is 0 Å². The Morgan fingerprint density at radius 1 is 1.50 bits per heavy atom. The standard InChI is InChI=1S/C13H16BrClO/c1-16-13-6-5-10(8-12(13)15)11(14)7-9-3-2-4-9/h5-6,8-9,11H,2-4,7H2,1H3. The molecule has 1 atom stereocenters. The van der Waals surface area contributed by atoms with E-state index >= 15 is 0 Å². The lowest BCUT2D eigenvalue weighted by atomic mass is 9.81. The molecule has 1 saturated carbocycles. The summed E-state index contributed by atoms with van der Waals surface area (Å²) in [5.41, 5.74) is 1.25. The fourth-order valence-electron chi connectivity index (χ4n) is 2.03. The van der Waals surface area contributed by atoms with Gasteiger partial charge >= 0.3 is 0 Å². The van der Waals surface area contributed by atoms with Crippen molar-refractivity contribution >= 4 is 27.5 Å². The summed E-state index contributed by atoms with van der Waals surface area (Å²) in [5, 5.41) is 0.693. The number of hydrogen-bond donors (Lipinski definition) is 0. The van der Waals surface area contributed by atoms with Gasteiger partial charge in [-0.1, -0.05) is 52.9 Å². The maximum atomic E-state index is 6.11. The third-order valence-electron chi connectivity index (χ3n) is 3.30. The third-order valence-corrected chi connectivity index (χ3v) is 4.50. The van der Waals surface area contributed by atoms with Gasteiger partial charge in [-0.25, -0.2) is 0 Å². The molecule has 0 radical (unpaired) electrons. The van der Waals surface area contributed by atoms with Crippen molar-refractivity contribution in [2.45, 2.75) is 30.5 Å². The van der Waals surface area contributed by atoms with E-state index in [-0.39, 0.29) is 0 Å². The van der Waals surface area contributed by atoms with Gasteiger partial charge in [-0.3, -0.25) is 0 Å². The molecule has 1 aliphatic carbocycles. The highest BCUT2D eigenvalue weighted by Gasteiger charge is 2.21. The highest BCUT2D eigenvalue weighted by molar-refractivity contribution is 9.09. The summed E-state index contributed by atoms with van der Waals surface area (Å²) in [6.07, 6.45) is 5.37. The van der Waals surface area contributed by atoms with Crippen molar-refractivity contribution in [1.82, 2.24) is 0 Å². The zero-order chi connectivity index (χ0) is 11.5. The fraction of sp³-hybridized carbons (Fsp3) is 0.538. The number of benzene rings is 1. The van der Waals surface area contributed by atoms with Crippen LogP contribution in [-0.2, 0) is 0 Å². The minimum absolute atomic E-state index is 0.418. The molecule has 3 heteroatoms. The average Bonchev–Trinajstić information content (AvgIpc) is 2.23. The summed E-state index contributed by atoms with van der Waals surface area (Å²) in [4.78, 5) is 0.418. The van der Waals surface area contributed by atoms with Gasteiger partial charge in [-0.15, -0.1) is 0 Å². The molecule has 1 nitrogen and oxygen atoms in total. The molecule has 2 rings (SSSR count). The minimum Gasteiger partial charge on any atom is -0.495 e. The molecule has 88 valence electrons. The Bertz CT molecular complexity index is 363. The van der Waals surface area contributed by atoms with Crippen molar-refractivity contribution < 1.29 is 4.74 Å². The van der Waals surface area contributed by atoms with Crippen molar-refractivity contribution in [3.8, 4) is 5.75 Å². The highest BCUT2D eigenvalue weighted by Crippen LogP contribution is 2.40. The van der Waals surface area contributed by atoms with Crippen molar-refractivity contribution in [2.75, 3.05) is 7.11 Å². The summed E-state index contributed by atoms with van der Waals surface area (Å²) < 4.78 is 5.15. The first-order valence-electron chi connectivity index (χ1n) is 5.68. The monoisotopic (exact) mass is 302 g/mol. The molecule has 0 N–H and O–H groups in total. The zero-order valence-corrected chi connectivity index (χ0v) is 11.7. The third kappa shape index (κ3) is 2.72. The summed E-state index contributed by atoms with van der Waals surface area (Å²) in [6.45, 7) is 0. The molecule has 1 aliphatic rings. The molecule has 0 amide bonds. The summed E-state index contributed by atoms with van der Waals surface area (Å²) >= 11 is 9.85. The first-order valence-corrected chi connectivity index (χ1v) is 6.97. The molecule has 1 fully saturated rings. The number of ether oxygens (including phenoxy) is 1. The first-order chi connectivity index (χ1) is 7.70. The summed E-state index contributed by atoms with van der Waals surface area (Å²) in [5.74, 6) is 1.64. The van der Waals surface area contributed by atoms with E-state index in [9.17, 15) is 0 Å². The molecule has 0 aliphatic heterocycles. The zero-order valence-electron chi connectivity index (χ0n) is 9.38. The second kappa shape index (κ2) is 5.42.